The fraction of sp³-hybridized carbons (Fsp3) is 0.133. The Morgan fingerprint density at radius 2 is 1.52 bits per heavy atom. The summed E-state index contributed by atoms with van der Waals surface area (Å²) >= 11 is 0. The Morgan fingerprint density at radius 1 is 0.905 bits per heavy atom. The van der Waals surface area contributed by atoms with Gasteiger partial charge in [-0.2, -0.15) is 0 Å². The quantitative estimate of drug-likeness (QED) is 0.485. The van der Waals surface area contributed by atoms with Gasteiger partial charge >= 0.3 is 0 Å². The van der Waals surface area contributed by atoms with Gasteiger partial charge in [0.2, 0.25) is 5.91 Å². The Bertz CT molecular complexity index is 730. The van der Waals surface area contributed by atoms with E-state index in [9.17, 15) is 22.4 Å². The number of halogens is 4. The molecule has 1 N–H and O–H groups in total. The van der Waals surface area contributed by atoms with E-state index in [0.29, 0.717) is 5.56 Å². The van der Waals surface area contributed by atoms with Crippen LogP contribution < -0.4 is 5.32 Å². The van der Waals surface area contributed by atoms with Crippen LogP contribution in [0, 0.1) is 23.3 Å². The molecule has 108 valence electrons. The van der Waals surface area contributed by atoms with Crippen molar-refractivity contribution in [2.45, 2.75) is 12.3 Å². The molecule has 21 heavy (non-hydrogen) atoms. The summed E-state index contributed by atoms with van der Waals surface area (Å²) in [5.74, 6) is -8.31. The van der Waals surface area contributed by atoms with Gasteiger partial charge in [-0.05, 0) is 5.56 Å². The number of carbonyl (C=O) groups is 1. The van der Waals surface area contributed by atoms with Crippen molar-refractivity contribution in [3.8, 4) is 0 Å². The van der Waals surface area contributed by atoms with E-state index in [1.807, 2.05) is 0 Å². The molecule has 2 aromatic carbocycles. The van der Waals surface area contributed by atoms with E-state index >= 15 is 0 Å². The molecule has 3 rings (SSSR count). The second kappa shape index (κ2) is 4.87. The number of nitrogens with one attached hydrogen (secondary N) is 1. The maximum Gasteiger partial charge on any atom is 0.225 e. The molecule has 2 aromatic rings. The van der Waals surface area contributed by atoms with E-state index in [0.717, 1.165) is 0 Å². The predicted molar refractivity (Wildman–Crippen MR) is 67.8 cm³/mol. The van der Waals surface area contributed by atoms with Crippen LogP contribution >= 0.6 is 0 Å². The minimum Gasteiger partial charge on any atom is -0.323 e. The lowest BCUT2D eigenvalue weighted by Gasteiger charge is -2.27. The minimum atomic E-state index is -1.93. The molecule has 1 aliphatic rings. The van der Waals surface area contributed by atoms with Crippen molar-refractivity contribution in [1.29, 1.82) is 0 Å². The third-order valence-corrected chi connectivity index (χ3v) is 3.51. The van der Waals surface area contributed by atoms with Crippen LogP contribution in [0.1, 0.15) is 23.5 Å². The van der Waals surface area contributed by atoms with Gasteiger partial charge in [-0.15, -0.1) is 0 Å². The van der Waals surface area contributed by atoms with Crippen LogP contribution in [0.2, 0.25) is 0 Å². The Labute approximate surface area is 117 Å². The average molecular weight is 295 g/mol. The maximum absolute atomic E-state index is 14.1. The third kappa shape index (κ3) is 2.07. The van der Waals surface area contributed by atoms with Crippen molar-refractivity contribution < 1.29 is 22.4 Å². The third-order valence-electron chi connectivity index (χ3n) is 3.51. The van der Waals surface area contributed by atoms with Crippen LogP contribution in [0.5, 0.6) is 0 Å². The van der Waals surface area contributed by atoms with Gasteiger partial charge in [0, 0.05) is 17.9 Å². The zero-order valence-corrected chi connectivity index (χ0v) is 10.6. The highest BCUT2D eigenvalue weighted by molar-refractivity contribution is 5.95. The van der Waals surface area contributed by atoms with Crippen LogP contribution in [0.25, 0.3) is 0 Å². The second-order valence-corrected chi connectivity index (χ2v) is 4.76. The van der Waals surface area contributed by atoms with Gasteiger partial charge in [0.05, 0.1) is 5.69 Å². The summed E-state index contributed by atoms with van der Waals surface area (Å²) in [4.78, 5) is 11.7. The molecule has 1 amide bonds. The molecule has 0 aromatic heterocycles. The van der Waals surface area contributed by atoms with Crippen LogP contribution in [-0.2, 0) is 4.79 Å². The van der Waals surface area contributed by atoms with Gasteiger partial charge in [0.15, 0.2) is 23.3 Å². The zero-order valence-electron chi connectivity index (χ0n) is 10.6. The summed E-state index contributed by atoms with van der Waals surface area (Å²) in [6.45, 7) is 0. The van der Waals surface area contributed by atoms with Crippen LogP contribution in [-0.4, -0.2) is 5.91 Å². The topological polar surface area (TPSA) is 29.1 Å². The van der Waals surface area contributed by atoms with Gasteiger partial charge < -0.3 is 5.32 Å². The number of hydrogen-bond acceptors (Lipinski definition) is 1. The summed E-state index contributed by atoms with van der Waals surface area (Å²) < 4.78 is 54.6. The number of anilines is 1. The summed E-state index contributed by atoms with van der Waals surface area (Å²) in [6.07, 6.45) is -0.168. The second-order valence-electron chi connectivity index (χ2n) is 4.76. The average Bonchev–Trinajstić information content (AvgIpc) is 2.51. The van der Waals surface area contributed by atoms with E-state index in [1.165, 1.54) is 0 Å². The molecule has 1 heterocycles. The molecule has 1 unspecified atom stereocenters. The molecule has 0 saturated heterocycles. The number of hydrogen-bond donors (Lipinski definition) is 1. The number of rotatable bonds is 1. The Balaban J connectivity index is 2.28. The predicted octanol–water partition coefficient (Wildman–Crippen LogP) is 3.72. The first-order valence-electron chi connectivity index (χ1n) is 6.21. The maximum atomic E-state index is 14.1. The number of benzene rings is 2. The van der Waals surface area contributed by atoms with E-state index in [4.69, 9.17) is 0 Å². The molecule has 0 fully saturated rings. The fourth-order valence-electron chi connectivity index (χ4n) is 2.55. The highest BCUT2D eigenvalue weighted by Crippen LogP contribution is 2.41. The van der Waals surface area contributed by atoms with Crippen molar-refractivity contribution in [3.05, 3.63) is 64.7 Å². The molecule has 0 aliphatic carbocycles. The molecular formula is C15H9F4NO. The Morgan fingerprint density at radius 3 is 2.19 bits per heavy atom. The van der Waals surface area contributed by atoms with Crippen molar-refractivity contribution in [2.75, 3.05) is 5.32 Å². The highest BCUT2D eigenvalue weighted by atomic mass is 19.2. The zero-order chi connectivity index (χ0) is 15.1. The monoisotopic (exact) mass is 295 g/mol. The van der Waals surface area contributed by atoms with E-state index < -0.39 is 40.8 Å². The molecule has 0 spiro atoms. The first-order valence-corrected chi connectivity index (χ1v) is 6.21. The molecule has 0 radical (unpaired) electrons. The van der Waals surface area contributed by atoms with Gasteiger partial charge in [0.1, 0.15) is 0 Å². The normalized spacial score (nSPS) is 17.3. The highest BCUT2D eigenvalue weighted by Gasteiger charge is 2.35. The van der Waals surface area contributed by atoms with Gasteiger partial charge in [-0.3, -0.25) is 4.79 Å². The number of amides is 1. The Kier molecular flexibility index (Phi) is 3.16. The van der Waals surface area contributed by atoms with Crippen molar-refractivity contribution in [1.82, 2.24) is 0 Å². The van der Waals surface area contributed by atoms with Crippen molar-refractivity contribution in [2.24, 2.45) is 0 Å². The van der Waals surface area contributed by atoms with E-state index in [2.05, 4.69) is 5.32 Å². The largest absolute Gasteiger partial charge is 0.323 e. The van der Waals surface area contributed by atoms with Gasteiger partial charge in [-0.1, -0.05) is 30.3 Å². The first kappa shape index (κ1) is 13.6. The summed E-state index contributed by atoms with van der Waals surface area (Å²) in [5.41, 5.74) is -0.466. The van der Waals surface area contributed by atoms with Gasteiger partial charge in [-0.25, -0.2) is 17.6 Å². The summed E-state index contributed by atoms with van der Waals surface area (Å²) in [5, 5.41) is 2.08. The molecule has 0 saturated carbocycles. The lowest BCUT2D eigenvalue weighted by molar-refractivity contribution is -0.116. The first-order chi connectivity index (χ1) is 10.0. The van der Waals surface area contributed by atoms with Gasteiger partial charge in [0.25, 0.3) is 0 Å². The minimum absolute atomic E-state index is 0.168. The van der Waals surface area contributed by atoms with Crippen molar-refractivity contribution in [3.63, 3.8) is 0 Å². The van der Waals surface area contributed by atoms with Crippen LogP contribution in [0.15, 0.2) is 30.3 Å². The molecule has 2 nitrogen and oxygen atoms in total. The lowest BCUT2D eigenvalue weighted by atomic mass is 9.84. The van der Waals surface area contributed by atoms with Crippen LogP contribution in [0.4, 0.5) is 23.2 Å². The summed E-state index contributed by atoms with van der Waals surface area (Å²) in [7, 11) is 0. The molecular weight excluding hydrogens is 286 g/mol. The molecule has 0 bridgehead atoms. The molecule has 1 atom stereocenters. The standard InChI is InChI=1S/C15H9F4NO/c16-11-10-8(7-4-2-1-3-5-7)6-9(21)20-15(10)14(19)13(18)12(11)17/h1-5,8H,6H2,(H,20,21). The smallest absolute Gasteiger partial charge is 0.225 e. The lowest BCUT2D eigenvalue weighted by Crippen LogP contribution is -2.27. The summed E-state index contributed by atoms with van der Waals surface area (Å²) in [6, 6.07) is 8.28. The van der Waals surface area contributed by atoms with Crippen LogP contribution in [0.3, 0.4) is 0 Å². The molecule has 6 heteroatoms. The SMILES string of the molecule is O=C1CC(c2ccccc2)c2c(F)c(F)c(F)c(F)c2N1. The number of fused-ring (bicyclic) bond motifs is 1. The Hall–Kier alpha value is -2.37. The number of carbonyl (C=O) groups excluding carboxylic acids is 1. The van der Waals surface area contributed by atoms with Crippen molar-refractivity contribution >= 4 is 11.6 Å². The molecule has 1 aliphatic heterocycles. The van der Waals surface area contributed by atoms with E-state index in [1.54, 1.807) is 30.3 Å². The van der Waals surface area contributed by atoms with E-state index in [-0.39, 0.29) is 12.0 Å². The fourth-order valence-corrected chi connectivity index (χ4v) is 2.55.